The Kier molecular flexibility index (Phi) is 3.89. The topological polar surface area (TPSA) is 115 Å². The first kappa shape index (κ1) is 16.9. The highest BCUT2D eigenvalue weighted by Gasteiger charge is 2.28. The number of fused-ring (bicyclic) bond motifs is 3. The second-order valence-corrected chi connectivity index (χ2v) is 8.35. The fraction of sp³-hybridized carbons (Fsp3) is 0.278. The van der Waals surface area contributed by atoms with Gasteiger partial charge in [-0.2, -0.15) is 0 Å². The van der Waals surface area contributed by atoms with E-state index in [1.807, 2.05) is 18.2 Å². The van der Waals surface area contributed by atoms with E-state index in [9.17, 15) is 13.2 Å². The lowest BCUT2D eigenvalue weighted by Crippen LogP contribution is -2.38. The number of aromatic carboxylic acids is 1. The van der Waals surface area contributed by atoms with E-state index in [4.69, 9.17) is 5.11 Å². The van der Waals surface area contributed by atoms with Gasteiger partial charge in [-0.25, -0.2) is 17.9 Å². The zero-order valence-electron chi connectivity index (χ0n) is 14.2. The molecule has 0 bridgehead atoms. The number of aromatic nitrogens is 2. The molecule has 7 nitrogen and oxygen atoms in total. The number of rotatable bonds is 4. The number of H-pyrrole nitrogens is 2. The van der Waals surface area contributed by atoms with Crippen molar-refractivity contribution >= 4 is 26.9 Å². The molecule has 26 heavy (non-hydrogen) atoms. The fourth-order valence-corrected chi connectivity index (χ4v) is 4.99. The van der Waals surface area contributed by atoms with Gasteiger partial charge in [0.1, 0.15) is 5.03 Å². The molecule has 0 amide bonds. The Balaban J connectivity index is 1.58. The van der Waals surface area contributed by atoms with Gasteiger partial charge in [0, 0.05) is 34.8 Å². The minimum Gasteiger partial charge on any atom is -0.478 e. The van der Waals surface area contributed by atoms with Gasteiger partial charge in [0.25, 0.3) is 10.0 Å². The third-order valence-electron chi connectivity index (χ3n) is 4.93. The Morgan fingerprint density at radius 1 is 1.27 bits per heavy atom. The molecule has 2 aromatic heterocycles. The van der Waals surface area contributed by atoms with E-state index in [-0.39, 0.29) is 16.6 Å². The second-order valence-electron chi connectivity index (χ2n) is 6.67. The molecule has 4 rings (SSSR count). The summed E-state index contributed by atoms with van der Waals surface area (Å²) in [6, 6.07) is 8.98. The number of aromatic amines is 2. The van der Waals surface area contributed by atoms with Crippen molar-refractivity contribution < 1.29 is 18.3 Å². The lowest BCUT2D eigenvalue weighted by atomic mass is 9.92. The molecule has 0 radical (unpaired) electrons. The highest BCUT2D eigenvalue weighted by Crippen LogP contribution is 2.29. The number of hydrogen-bond acceptors (Lipinski definition) is 3. The molecule has 0 fully saturated rings. The van der Waals surface area contributed by atoms with Gasteiger partial charge in [0.15, 0.2) is 0 Å². The number of nitrogens with one attached hydrogen (secondary N) is 3. The van der Waals surface area contributed by atoms with Crippen LogP contribution in [-0.2, 0) is 22.9 Å². The lowest BCUT2D eigenvalue weighted by Gasteiger charge is -2.23. The molecule has 1 atom stereocenters. The summed E-state index contributed by atoms with van der Waals surface area (Å²) in [5.74, 6) is -1.15. The van der Waals surface area contributed by atoms with Crippen LogP contribution in [0, 0.1) is 6.92 Å². The highest BCUT2D eigenvalue weighted by molar-refractivity contribution is 7.89. The largest absolute Gasteiger partial charge is 0.478 e. The second kappa shape index (κ2) is 6.00. The third kappa shape index (κ3) is 2.81. The number of carbonyl (C=O) groups is 1. The van der Waals surface area contributed by atoms with E-state index < -0.39 is 16.0 Å². The maximum absolute atomic E-state index is 12.6. The first-order chi connectivity index (χ1) is 12.3. The molecule has 1 aromatic carbocycles. The van der Waals surface area contributed by atoms with E-state index in [1.165, 1.54) is 10.9 Å². The van der Waals surface area contributed by atoms with Gasteiger partial charge in [-0.05, 0) is 37.5 Å². The van der Waals surface area contributed by atoms with E-state index in [0.717, 1.165) is 23.7 Å². The first-order valence-corrected chi connectivity index (χ1v) is 9.87. The summed E-state index contributed by atoms with van der Waals surface area (Å²) in [7, 11) is -3.81. The van der Waals surface area contributed by atoms with E-state index >= 15 is 0 Å². The molecular weight excluding hydrogens is 354 g/mol. The zero-order valence-corrected chi connectivity index (χ0v) is 15.0. The maximum atomic E-state index is 12.6. The van der Waals surface area contributed by atoms with Crippen LogP contribution in [0.5, 0.6) is 0 Å². The molecule has 2 heterocycles. The van der Waals surface area contributed by atoms with Crippen LogP contribution in [-0.4, -0.2) is 35.5 Å². The van der Waals surface area contributed by atoms with E-state index in [1.54, 1.807) is 6.92 Å². The first-order valence-electron chi connectivity index (χ1n) is 8.39. The van der Waals surface area contributed by atoms with Crippen molar-refractivity contribution in [1.82, 2.24) is 14.7 Å². The number of carboxylic acids is 1. The Labute approximate surface area is 150 Å². The number of hydrogen-bond donors (Lipinski definition) is 4. The number of para-hydroxylation sites is 1. The molecule has 8 heteroatoms. The van der Waals surface area contributed by atoms with Gasteiger partial charge in [0.2, 0.25) is 0 Å². The monoisotopic (exact) mass is 373 g/mol. The van der Waals surface area contributed by atoms with Crippen LogP contribution in [0.3, 0.4) is 0 Å². The van der Waals surface area contributed by atoms with Gasteiger partial charge in [-0.3, -0.25) is 0 Å². The van der Waals surface area contributed by atoms with Crippen LogP contribution in [0.2, 0.25) is 0 Å². The maximum Gasteiger partial charge on any atom is 0.337 e. The smallest absolute Gasteiger partial charge is 0.337 e. The minimum absolute atomic E-state index is 0.0353. The van der Waals surface area contributed by atoms with E-state index in [2.05, 4.69) is 20.8 Å². The molecule has 0 spiro atoms. The van der Waals surface area contributed by atoms with Gasteiger partial charge in [-0.1, -0.05) is 18.2 Å². The van der Waals surface area contributed by atoms with Crippen molar-refractivity contribution in [3.63, 3.8) is 0 Å². The molecule has 4 N–H and O–H groups in total. The molecule has 0 aliphatic heterocycles. The van der Waals surface area contributed by atoms with Crippen LogP contribution in [0.25, 0.3) is 10.9 Å². The molecule has 3 aromatic rings. The van der Waals surface area contributed by atoms with Crippen LogP contribution >= 0.6 is 0 Å². The highest BCUT2D eigenvalue weighted by atomic mass is 32.2. The summed E-state index contributed by atoms with van der Waals surface area (Å²) in [5.41, 5.74) is 3.65. The predicted octanol–water partition coefficient (Wildman–Crippen LogP) is 2.34. The van der Waals surface area contributed by atoms with Crippen molar-refractivity contribution in [1.29, 1.82) is 0 Å². The summed E-state index contributed by atoms with van der Waals surface area (Å²) in [5, 5.41) is 10.2. The van der Waals surface area contributed by atoms with Crippen molar-refractivity contribution in [2.24, 2.45) is 0 Å². The van der Waals surface area contributed by atoms with Crippen LogP contribution < -0.4 is 4.72 Å². The predicted molar refractivity (Wildman–Crippen MR) is 96.9 cm³/mol. The summed E-state index contributed by atoms with van der Waals surface area (Å²) in [6.07, 6.45) is 2.06. The standard InChI is InChI=1S/C18H19N3O4S/c1-10-14(18(22)23)9-17(19-10)26(24,25)21-11-6-7-13-12-4-2-3-5-15(12)20-16(13)8-11/h2-5,9,11,19-21H,6-8H2,1H3,(H,22,23)/t11-/m1/s1. The van der Waals surface area contributed by atoms with Gasteiger partial charge in [-0.15, -0.1) is 0 Å². The Bertz CT molecular complexity index is 1110. The Morgan fingerprint density at radius 3 is 2.77 bits per heavy atom. The number of aryl methyl sites for hydroxylation is 2. The lowest BCUT2D eigenvalue weighted by molar-refractivity contribution is 0.0696. The van der Waals surface area contributed by atoms with Crippen LogP contribution in [0.1, 0.15) is 33.7 Å². The normalized spacial score (nSPS) is 17.3. The number of sulfonamides is 1. The third-order valence-corrected chi connectivity index (χ3v) is 6.37. The number of carboxylic acid groups (broad SMARTS) is 1. The average molecular weight is 373 g/mol. The van der Waals surface area contributed by atoms with Crippen molar-refractivity contribution in [3.8, 4) is 0 Å². The molecule has 136 valence electrons. The molecule has 1 aliphatic rings. The molecule has 1 aliphatic carbocycles. The summed E-state index contributed by atoms with van der Waals surface area (Å²) < 4.78 is 28.0. The molecular formula is C18H19N3O4S. The quantitative estimate of drug-likeness (QED) is 0.562. The van der Waals surface area contributed by atoms with Crippen LogP contribution in [0.4, 0.5) is 0 Å². The van der Waals surface area contributed by atoms with Crippen molar-refractivity contribution in [2.75, 3.05) is 0 Å². The van der Waals surface area contributed by atoms with Crippen molar-refractivity contribution in [2.45, 2.75) is 37.3 Å². The van der Waals surface area contributed by atoms with E-state index in [0.29, 0.717) is 18.5 Å². The molecule has 0 saturated heterocycles. The summed E-state index contributed by atoms with van der Waals surface area (Å²) >= 11 is 0. The average Bonchev–Trinajstić information content (AvgIpc) is 3.15. The van der Waals surface area contributed by atoms with Gasteiger partial charge < -0.3 is 15.1 Å². The molecule has 0 saturated carbocycles. The van der Waals surface area contributed by atoms with Crippen molar-refractivity contribution in [3.05, 3.63) is 52.8 Å². The summed E-state index contributed by atoms with van der Waals surface area (Å²) in [6.45, 7) is 1.54. The minimum atomic E-state index is -3.81. The number of benzene rings is 1. The van der Waals surface area contributed by atoms with Gasteiger partial charge >= 0.3 is 5.97 Å². The SMILES string of the molecule is Cc1[nH]c(S(=O)(=O)N[C@@H]2CCc3c([nH]c4ccccc34)C2)cc1C(=O)O. The Hall–Kier alpha value is -2.58. The Morgan fingerprint density at radius 2 is 2.04 bits per heavy atom. The van der Waals surface area contributed by atoms with Crippen LogP contribution in [0.15, 0.2) is 35.4 Å². The zero-order chi connectivity index (χ0) is 18.5. The molecule has 0 unspecified atom stereocenters. The summed E-state index contributed by atoms with van der Waals surface area (Å²) in [4.78, 5) is 17.2. The fourth-order valence-electron chi connectivity index (χ4n) is 3.66. The van der Waals surface area contributed by atoms with Gasteiger partial charge in [0.05, 0.1) is 5.56 Å².